The summed E-state index contributed by atoms with van der Waals surface area (Å²) < 4.78 is 2.16. The van der Waals surface area contributed by atoms with E-state index in [2.05, 4.69) is 25.8 Å². The molecule has 5 heteroatoms. The van der Waals surface area contributed by atoms with Gasteiger partial charge in [0.2, 0.25) is 5.91 Å². The fourth-order valence-electron chi connectivity index (χ4n) is 3.31. The molecule has 1 N–H and O–H groups in total. The maximum absolute atomic E-state index is 12.3. The van der Waals surface area contributed by atoms with Crippen molar-refractivity contribution in [3.05, 3.63) is 29.9 Å². The zero-order valence-corrected chi connectivity index (χ0v) is 13.4. The number of allylic oxidation sites excluding steroid dienone is 1. The molecular formula is C17H26N4O. The van der Waals surface area contributed by atoms with E-state index in [-0.39, 0.29) is 11.9 Å². The van der Waals surface area contributed by atoms with Crippen molar-refractivity contribution in [2.75, 3.05) is 13.1 Å². The van der Waals surface area contributed by atoms with E-state index in [4.69, 9.17) is 0 Å². The SMILES string of the molecule is C[C@H](C(=O)NCCC1=CCCCC1)N1CCn2ccnc2C1. The van der Waals surface area contributed by atoms with Gasteiger partial charge in [0, 0.05) is 32.0 Å². The van der Waals surface area contributed by atoms with Gasteiger partial charge in [-0.25, -0.2) is 4.98 Å². The van der Waals surface area contributed by atoms with Crippen LogP contribution in [0.5, 0.6) is 0 Å². The number of amides is 1. The number of hydrogen-bond acceptors (Lipinski definition) is 3. The molecule has 120 valence electrons. The number of hydrogen-bond donors (Lipinski definition) is 1. The fourth-order valence-corrected chi connectivity index (χ4v) is 3.31. The van der Waals surface area contributed by atoms with Crippen LogP contribution in [0.1, 0.15) is 44.9 Å². The number of nitrogens with zero attached hydrogens (tertiary/aromatic N) is 3. The summed E-state index contributed by atoms with van der Waals surface area (Å²) >= 11 is 0. The first-order valence-corrected chi connectivity index (χ1v) is 8.44. The average Bonchev–Trinajstić information content (AvgIpc) is 3.02. The maximum atomic E-state index is 12.3. The monoisotopic (exact) mass is 302 g/mol. The molecule has 1 aliphatic carbocycles. The smallest absolute Gasteiger partial charge is 0.237 e. The number of carbonyl (C=O) groups excluding carboxylic acids is 1. The van der Waals surface area contributed by atoms with Gasteiger partial charge in [0.15, 0.2) is 0 Å². The van der Waals surface area contributed by atoms with E-state index in [1.807, 2.05) is 19.3 Å². The first-order valence-electron chi connectivity index (χ1n) is 8.44. The molecule has 2 heterocycles. The Kier molecular flexibility index (Phi) is 4.93. The zero-order valence-electron chi connectivity index (χ0n) is 13.4. The molecule has 0 radical (unpaired) electrons. The third-order valence-corrected chi connectivity index (χ3v) is 4.83. The van der Waals surface area contributed by atoms with Crippen LogP contribution < -0.4 is 5.32 Å². The highest BCUT2D eigenvalue weighted by atomic mass is 16.2. The minimum Gasteiger partial charge on any atom is -0.354 e. The van der Waals surface area contributed by atoms with E-state index in [0.717, 1.165) is 38.4 Å². The molecule has 1 aromatic rings. The van der Waals surface area contributed by atoms with Gasteiger partial charge in [-0.05, 0) is 39.0 Å². The highest BCUT2D eigenvalue weighted by Crippen LogP contribution is 2.19. The van der Waals surface area contributed by atoms with Gasteiger partial charge in [-0.3, -0.25) is 9.69 Å². The van der Waals surface area contributed by atoms with E-state index >= 15 is 0 Å². The molecule has 0 bridgehead atoms. The van der Waals surface area contributed by atoms with Crippen LogP contribution in [0.15, 0.2) is 24.0 Å². The minimum absolute atomic E-state index is 0.0919. The van der Waals surface area contributed by atoms with E-state index in [1.54, 1.807) is 0 Å². The predicted molar refractivity (Wildman–Crippen MR) is 86.3 cm³/mol. The number of rotatable bonds is 5. The summed E-state index contributed by atoms with van der Waals surface area (Å²) in [6.45, 7) is 5.33. The highest BCUT2D eigenvalue weighted by molar-refractivity contribution is 5.81. The Balaban J connectivity index is 1.45. The highest BCUT2D eigenvalue weighted by Gasteiger charge is 2.25. The van der Waals surface area contributed by atoms with Crippen LogP contribution in [-0.2, 0) is 17.9 Å². The van der Waals surface area contributed by atoms with E-state index in [9.17, 15) is 4.79 Å². The molecular weight excluding hydrogens is 276 g/mol. The first kappa shape index (κ1) is 15.3. The Hall–Kier alpha value is -1.62. The topological polar surface area (TPSA) is 50.2 Å². The second kappa shape index (κ2) is 7.09. The molecule has 0 saturated carbocycles. The van der Waals surface area contributed by atoms with Crippen molar-refractivity contribution in [1.29, 1.82) is 0 Å². The fraction of sp³-hybridized carbons (Fsp3) is 0.647. The van der Waals surface area contributed by atoms with Crippen molar-refractivity contribution in [3.63, 3.8) is 0 Å². The molecule has 0 fully saturated rings. The largest absolute Gasteiger partial charge is 0.354 e. The molecule has 0 saturated heterocycles. The van der Waals surface area contributed by atoms with Gasteiger partial charge in [0.25, 0.3) is 0 Å². The number of nitrogens with one attached hydrogen (secondary N) is 1. The second-order valence-electron chi connectivity index (χ2n) is 6.33. The summed E-state index contributed by atoms with van der Waals surface area (Å²) in [4.78, 5) is 18.9. The third kappa shape index (κ3) is 3.58. The molecule has 1 aliphatic heterocycles. The molecule has 1 aromatic heterocycles. The van der Waals surface area contributed by atoms with Crippen LogP contribution in [0.4, 0.5) is 0 Å². The summed E-state index contributed by atoms with van der Waals surface area (Å²) in [6.07, 6.45) is 12.2. The Morgan fingerprint density at radius 2 is 2.32 bits per heavy atom. The van der Waals surface area contributed by atoms with Crippen molar-refractivity contribution in [2.45, 2.75) is 58.2 Å². The molecule has 0 unspecified atom stereocenters. The lowest BCUT2D eigenvalue weighted by molar-refractivity contribution is -0.126. The summed E-state index contributed by atoms with van der Waals surface area (Å²) in [6, 6.07) is -0.0919. The van der Waals surface area contributed by atoms with Gasteiger partial charge in [-0.15, -0.1) is 0 Å². The van der Waals surface area contributed by atoms with Gasteiger partial charge >= 0.3 is 0 Å². The van der Waals surface area contributed by atoms with Crippen molar-refractivity contribution >= 4 is 5.91 Å². The molecule has 0 aromatic carbocycles. The summed E-state index contributed by atoms with van der Waals surface area (Å²) in [7, 11) is 0. The molecule has 22 heavy (non-hydrogen) atoms. The van der Waals surface area contributed by atoms with Crippen molar-refractivity contribution < 1.29 is 4.79 Å². The van der Waals surface area contributed by atoms with Crippen molar-refractivity contribution in [1.82, 2.24) is 19.8 Å². The van der Waals surface area contributed by atoms with Gasteiger partial charge in [0.1, 0.15) is 5.82 Å². The summed E-state index contributed by atoms with van der Waals surface area (Å²) in [5.74, 6) is 1.19. The van der Waals surface area contributed by atoms with E-state index < -0.39 is 0 Å². The molecule has 3 rings (SSSR count). The lowest BCUT2D eigenvalue weighted by atomic mass is 9.97. The van der Waals surface area contributed by atoms with E-state index in [1.165, 1.54) is 31.3 Å². The Morgan fingerprint density at radius 3 is 3.14 bits per heavy atom. The van der Waals surface area contributed by atoms with Crippen molar-refractivity contribution in [3.8, 4) is 0 Å². The van der Waals surface area contributed by atoms with Gasteiger partial charge in [-0.2, -0.15) is 0 Å². The molecule has 5 nitrogen and oxygen atoms in total. The number of aromatic nitrogens is 2. The number of carbonyl (C=O) groups is 1. The van der Waals surface area contributed by atoms with Crippen LogP contribution in [0.2, 0.25) is 0 Å². The van der Waals surface area contributed by atoms with Crippen LogP contribution in [0.3, 0.4) is 0 Å². The molecule has 1 amide bonds. The van der Waals surface area contributed by atoms with Gasteiger partial charge < -0.3 is 9.88 Å². The van der Waals surface area contributed by atoms with Gasteiger partial charge in [-0.1, -0.05) is 11.6 Å². The standard InChI is InChI=1S/C17H26N4O/c1-14(21-12-11-20-10-9-18-16(20)13-21)17(22)19-8-7-15-5-3-2-4-6-15/h5,9-10,14H,2-4,6-8,11-13H2,1H3,(H,19,22)/t14-/m1/s1. The Labute approximate surface area is 132 Å². The minimum atomic E-state index is -0.0919. The Morgan fingerprint density at radius 1 is 1.41 bits per heavy atom. The van der Waals surface area contributed by atoms with Crippen LogP contribution in [0.25, 0.3) is 0 Å². The molecule has 2 aliphatic rings. The molecule has 1 atom stereocenters. The second-order valence-corrected chi connectivity index (χ2v) is 6.33. The van der Waals surface area contributed by atoms with Crippen molar-refractivity contribution in [2.24, 2.45) is 0 Å². The molecule has 0 spiro atoms. The summed E-state index contributed by atoms with van der Waals surface area (Å²) in [5, 5.41) is 3.10. The first-order chi connectivity index (χ1) is 10.7. The lowest BCUT2D eigenvalue weighted by Gasteiger charge is -2.31. The van der Waals surface area contributed by atoms with Crippen LogP contribution in [0, 0.1) is 0 Å². The zero-order chi connectivity index (χ0) is 15.4. The maximum Gasteiger partial charge on any atom is 0.237 e. The van der Waals surface area contributed by atoms with E-state index in [0.29, 0.717) is 0 Å². The predicted octanol–water partition coefficient (Wildman–Crippen LogP) is 2.09. The third-order valence-electron chi connectivity index (χ3n) is 4.83. The summed E-state index contributed by atoms with van der Waals surface area (Å²) in [5.41, 5.74) is 1.51. The van der Waals surface area contributed by atoms with Crippen LogP contribution in [-0.4, -0.2) is 39.5 Å². The van der Waals surface area contributed by atoms with Gasteiger partial charge in [0.05, 0.1) is 12.6 Å². The lowest BCUT2D eigenvalue weighted by Crippen LogP contribution is -2.48. The number of fused-ring (bicyclic) bond motifs is 1. The quantitative estimate of drug-likeness (QED) is 0.847. The van der Waals surface area contributed by atoms with Crippen LogP contribution >= 0.6 is 0 Å². The average molecular weight is 302 g/mol. The normalized spacial score (nSPS) is 20.1. The Bertz CT molecular complexity index is 549. The number of imidazole rings is 1.